The fourth-order valence-corrected chi connectivity index (χ4v) is 0.457. The number of carbonyl (C=O) groups excluding carboxylic acids is 1. The van der Waals surface area contributed by atoms with Gasteiger partial charge >= 0.3 is 12.1 Å². The summed E-state index contributed by atoms with van der Waals surface area (Å²) < 4.78 is 4.51. The Morgan fingerprint density at radius 2 is 2.25 bits per heavy atom. The van der Waals surface area contributed by atoms with Crippen LogP contribution in [-0.4, -0.2) is 30.3 Å². The molecule has 0 heterocycles. The maximum atomic E-state index is 10.6. The molecular weight excluding hydrogens is 162 g/mol. The third kappa shape index (κ3) is 6.60. The number of rotatable bonds is 5. The molecule has 0 aliphatic heterocycles. The SMILES string of the molecule is C=CCOC(=O)NCCC(=O)O. The van der Waals surface area contributed by atoms with E-state index in [1.807, 2.05) is 0 Å². The van der Waals surface area contributed by atoms with Crippen LogP contribution in [-0.2, 0) is 9.53 Å². The highest BCUT2D eigenvalue weighted by atomic mass is 16.5. The molecule has 0 aromatic rings. The van der Waals surface area contributed by atoms with Gasteiger partial charge < -0.3 is 15.2 Å². The lowest BCUT2D eigenvalue weighted by molar-refractivity contribution is -0.136. The highest BCUT2D eigenvalue weighted by Crippen LogP contribution is 1.80. The molecule has 1 amide bonds. The van der Waals surface area contributed by atoms with Gasteiger partial charge in [0, 0.05) is 6.54 Å². The number of hydrogen-bond acceptors (Lipinski definition) is 3. The second-order valence-corrected chi connectivity index (χ2v) is 1.96. The predicted molar refractivity (Wildman–Crippen MR) is 41.8 cm³/mol. The van der Waals surface area contributed by atoms with E-state index in [0.29, 0.717) is 0 Å². The van der Waals surface area contributed by atoms with Crippen molar-refractivity contribution in [2.45, 2.75) is 6.42 Å². The Hall–Kier alpha value is -1.52. The van der Waals surface area contributed by atoms with Crippen LogP contribution in [0.3, 0.4) is 0 Å². The van der Waals surface area contributed by atoms with Gasteiger partial charge in [-0.1, -0.05) is 12.7 Å². The molecule has 0 aromatic heterocycles. The molecule has 2 N–H and O–H groups in total. The van der Waals surface area contributed by atoms with Gasteiger partial charge in [0.15, 0.2) is 0 Å². The molecule has 0 aliphatic rings. The van der Waals surface area contributed by atoms with Gasteiger partial charge in [-0.2, -0.15) is 0 Å². The second-order valence-electron chi connectivity index (χ2n) is 1.96. The molecule has 5 nitrogen and oxygen atoms in total. The van der Waals surface area contributed by atoms with Crippen LogP contribution in [0, 0.1) is 0 Å². The summed E-state index contributed by atoms with van der Waals surface area (Å²) in [7, 11) is 0. The van der Waals surface area contributed by atoms with Gasteiger partial charge in [0.25, 0.3) is 0 Å². The molecule has 68 valence electrons. The van der Waals surface area contributed by atoms with Crippen LogP contribution >= 0.6 is 0 Å². The molecule has 0 rings (SSSR count). The van der Waals surface area contributed by atoms with E-state index in [-0.39, 0.29) is 19.6 Å². The summed E-state index contributed by atoms with van der Waals surface area (Å²) in [5.74, 6) is -0.959. The molecule has 0 spiro atoms. The first-order valence-electron chi connectivity index (χ1n) is 3.40. The van der Waals surface area contributed by atoms with Gasteiger partial charge in [-0.3, -0.25) is 4.79 Å². The zero-order chi connectivity index (χ0) is 9.40. The van der Waals surface area contributed by atoms with E-state index in [4.69, 9.17) is 5.11 Å². The van der Waals surface area contributed by atoms with Crippen molar-refractivity contribution in [2.24, 2.45) is 0 Å². The van der Waals surface area contributed by atoms with Crippen molar-refractivity contribution in [1.82, 2.24) is 5.32 Å². The smallest absolute Gasteiger partial charge is 0.407 e. The topological polar surface area (TPSA) is 75.6 Å². The van der Waals surface area contributed by atoms with E-state index in [1.54, 1.807) is 0 Å². The largest absolute Gasteiger partial charge is 0.481 e. The maximum absolute atomic E-state index is 10.6. The van der Waals surface area contributed by atoms with Crippen molar-refractivity contribution in [3.05, 3.63) is 12.7 Å². The molecule has 0 bridgehead atoms. The monoisotopic (exact) mass is 173 g/mol. The molecule has 0 radical (unpaired) electrons. The average molecular weight is 173 g/mol. The van der Waals surface area contributed by atoms with E-state index in [1.165, 1.54) is 6.08 Å². The number of carboxylic acids is 1. The first-order chi connectivity index (χ1) is 5.66. The van der Waals surface area contributed by atoms with Gasteiger partial charge in [0.1, 0.15) is 6.61 Å². The first-order valence-corrected chi connectivity index (χ1v) is 3.40. The quantitative estimate of drug-likeness (QED) is 0.589. The Morgan fingerprint density at radius 1 is 1.58 bits per heavy atom. The van der Waals surface area contributed by atoms with Crippen molar-refractivity contribution in [1.29, 1.82) is 0 Å². The van der Waals surface area contributed by atoms with Gasteiger partial charge in [-0.25, -0.2) is 4.79 Å². The summed E-state index contributed by atoms with van der Waals surface area (Å²) >= 11 is 0. The average Bonchev–Trinajstić information content (AvgIpc) is 2.00. The first kappa shape index (κ1) is 10.5. The van der Waals surface area contributed by atoms with Gasteiger partial charge in [0.05, 0.1) is 6.42 Å². The normalized spacial score (nSPS) is 8.67. The van der Waals surface area contributed by atoms with Crippen LogP contribution in [0.15, 0.2) is 12.7 Å². The van der Waals surface area contributed by atoms with Crippen LogP contribution in [0.25, 0.3) is 0 Å². The summed E-state index contributed by atoms with van der Waals surface area (Å²) in [4.78, 5) is 20.6. The van der Waals surface area contributed by atoms with Crippen molar-refractivity contribution < 1.29 is 19.4 Å². The van der Waals surface area contributed by atoms with Gasteiger partial charge in [-0.05, 0) is 0 Å². The van der Waals surface area contributed by atoms with Crippen LogP contribution in [0.2, 0.25) is 0 Å². The molecule has 0 fully saturated rings. The minimum absolute atomic E-state index is 0.0747. The zero-order valence-electron chi connectivity index (χ0n) is 6.58. The molecule has 0 saturated heterocycles. The number of hydrogen-bond donors (Lipinski definition) is 2. The van der Waals surface area contributed by atoms with Crippen LogP contribution in [0.5, 0.6) is 0 Å². The Balaban J connectivity index is 3.31. The van der Waals surface area contributed by atoms with Crippen LogP contribution in [0.4, 0.5) is 4.79 Å². The van der Waals surface area contributed by atoms with E-state index < -0.39 is 12.1 Å². The van der Waals surface area contributed by atoms with Crippen molar-refractivity contribution in [3.8, 4) is 0 Å². The lowest BCUT2D eigenvalue weighted by atomic mass is 10.4. The summed E-state index contributed by atoms with van der Waals surface area (Å²) in [6.07, 6.45) is 0.691. The van der Waals surface area contributed by atoms with Crippen LogP contribution < -0.4 is 5.32 Å². The number of aliphatic carboxylic acids is 1. The Labute approximate surface area is 70.0 Å². The number of carboxylic acid groups (broad SMARTS) is 1. The lowest BCUT2D eigenvalue weighted by Gasteiger charge is -2.02. The molecule has 0 aromatic carbocycles. The van der Waals surface area contributed by atoms with E-state index in [9.17, 15) is 9.59 Å². The fourth-order valence-electron chi connectivity index (χ4n) is 0.457. The summed E-state index contributed by atoms with van der Waals surface area (Å²) in [6.45, 7) is 3.54. The lowest BCUT2D eigenvalue weighted by Crippen LogP contribution is -2.26. The molecule has 0 unspecified atom stereocenters. The second kappa shape index (κ2) is 6.21. The molecule has 12 heavy (non-hydrogen) atoms. The van der Waals surface area contributed by atoms with Crippen molar-refractivity contribution in [3.63, 3.8) is 0 Å². The third-order valence-corrected chi connectivity index (χ3v) is 0.940. The Kier molecular flexibility index (Phi) is 5.42. The minimum Gasteiger partial charge on any atom is -0.481 e. The maximum Gasteiger partial charge on any atom is 0.407 e. The molecule has 0 saturated carbocycles. The number of alkyl carbamates (subject to hydrolysis) is 1. The van der Waals surface area contributed by atoms with E-state index in [0.717, 1.165) is 0 Å². The number of carbonyl (C=O) groups is 2. The minimum atomic E-state index is -0.959. The van der Waals surface area contributed by atoms with E-state index >= 15 is 0 Å². The fraction of sp³-hybridized carbons (Fsp3) is 0.429. The van der Waals surface area contributed by atoms with Gasteiger partial charge in [0.2, 0.25) is 0 Å². The molecular formula is C7H11NO4. The standard InChI is InChI=1S/C7H11NO4/c1-2-5-12-7(11)8-4-3-6(9)10/h2H,1,3-5H2,(H,8,11)(H,9,10). The Bertz CT molecular complexity index is 178. The summed E-state index contributed by atoms with van der Waals surface area (Å²) in [5.41, 5.74) is 0. The zero-order valence-corrected chi connectivity index (χ0v) is 6.58. The molecule has 5 heteroatoms. The third-order valence-electron chi connectivity index (χ3n) is 0.940. The van der Waals surface area contributed by atoms with Gasteiger partial charge in [-0.15, -0.1) is 0 Å². The number of amides is 1. The van der Waals surface area contributed by atoms with E-state index in [2.05, 4.69) is 16.6 Å². The van der Waals surface area contributed by atoms with Crippen molar-refractivity contribution in [2.75, 3.05) is 13.2 Å². The van der Waals surface area contributed by atoms with Crippen molar-refractivity contribution >= 4 is 12.1 Å². The molecule has 0 atom stereocenters. The Morgan fingerprint density at radius 3 is 2.75 bits per heavy atom. The number of ether oxygens (including phenoxy) is 1. The molecule has 0 aliphatic carbocycles. The number of nitrogens with one attached hydrogen (secondary N) is 1. The predicted octanol–water partition coefficient (Wildman–Crippen LogP) is 0.373. The highest BCUT2D eigenvalue weighted by molar-refractivity contribution is 5.70. The summed E-state index contributed by atoms with van der Waals surface area (Å²) in [6, 6.07) is 0. The summed E-state index contributed by atoms with van der Waals surface area (Å²) in [5, 5.41) is 10.5. The highest BCUT2D eigenvalue weighted by Gasteiger charge is 2.01. The van der Waals surface area contributed by atoms with Crippen LogP contribution in [0.1, 0.15) is 6.42 Å².